The van der Waals surface area contributed by atoms with Crippen LogP contribution in [0.2, 0.25) is 0 Å². The van der Waals surface area contributed by atoms with Crippen LogP contribution >= 0.6 is 0 Å². The van der Waals surface area contributed by atoms with E-state index in [2.05, 4.69) is 10.6 Å². The Morgan fingerprint density at radius 3 is 2.40 bits per heavy atom. The lowest BCUT2D eigenvalue weighted by atomic mass is 10.1. The van der Waals surface area contributed by atoms with Gasteiger partial charge in [-0.1, -0.05) is 12.1 Å². The zero-order valence-corrected chi connectivity index (χ0v) is 12.9. The average Bonchev–Trinajstić information content (AvgIpc) is 2.25. The number of hydrogen-bond donors (Lipinski definition) is 3. The Hall–Kier alpha value is -1.60. The number of nitrogens with two attached hydrogens (primary N) is 1. The largest absolute Gasteiger partial charge is 0.334 e. The fourth-order valence-electron chi connectivity index (χ4n) is 1.62. The van der Waals surface area contributed by atoms with Gasteiger partial charge in [-0.15, -0.1) is 0 Å². The second kappa shape index (κ2) is 5.80. The topological polar surface area (TPSA) is 101 Å². The predicted molar refractivity (Wildman–Crippen MR) is 77.7 cm³/mol. The summed E-state index contributed by atoms with van der Waals surface area (Å²) in [5.41, 5.74) is 0.326. The van der Waals surface area contributed by atoms with E-state index in [0.717, 1.165) is 0 Å². The van der Waals surface area contributed by atoms with Crippen molar-refractivity contribution in [2.45, 2.75) is 44.2 Å². The van der Waals surface area contributed by atoms with Crippen LogP contribution in [0.15, 0.2) is 29.2 Å². The van der Waals surface area contributed by atoms with Gasteiger partial charge in [-0.3, -0.25) is 0 Å². The summed E-state index contributed by atoms with van der Waals surface area (Å²) >= 11 is 0. The third kappa shape index (κ3) is 5.18. The predicted octanol–water partition coefficient (Wildman–Crippen LogP) is 1.49. The highest BCUT2D eigenvalue weighted by molar-refractivity contribution is 7.89. The Balaban J connectivity index is 2.83. The van der Waals surface area contributed by atoms with Gasteiger partial charge in [0.25, 0.3) is 0 Å². The van der Waals surface area contributed by atoms with E-state index in [1.54, 1.807) is 19.1 Å². The number of carbonyl (C=O) groups is 1. The van der Waals surface area contributed by atoms with Gasteiger partial charge >= 0.3 is 6.03 Å². The minimum absolute atomic E-state index is 0.0277. The van der Waals surface area contributed by atoms with Gasteiger partial charge in [0.05, 0.1) is 10.9 Å². The standard InChI is InChI=1S/C13H21N3O3S/c1-9(15-12(17)16-13(2,3)4)10-6-5-7-11(8-10)20(14,18)19/h5-9H,1-4H3,(H2,14,18,19)(H2,15,16,17). The van der Waals surface area contributed by atoms with Crippen LogP contribution in [0.1, 0.15) is 39.3 Å². The van der Waals surface area contributed by atoms with Gasteiger partial charge in [-0.05, 0) is 45.4 Å². The quantitative estimate of drug-likeness (QED) is 0.788. The zero-order chi connectivity index (χ0) is 15.6. The van der Waals surface area contributed by atoms with Crippen LogP contribution in [-0.4, -0.2) is 20.0 Å². The summed E-state index contributed by atoms with van der Waals surface area (Å²) < 4.78 is 22.6. The molecule has 0 heterocycles. The molecule has 1 unspecified atom stereocenters. The second-order valence-corrected chi connectivity index (χ2v) is 7.25. The van der Waals surface area contributed by atoms with Crippen LogP contribution in [0.3, 0.4) is 0 Å². The summed E-state index contributed by atoms with van der Waals surface area (Å²) in [7, 11) is -3.74. The Morgan fingerprint density at radius 2 is 1.90 bits per heavy atom. The summed E-state index contributed by atoms with van der Waals surface area (Å²) in [6.45, 7) is 7.39. The van der Waals surface area contributed by atoms with Crippen LogP contribution in [0.5, 0.6) is 0 Å². The molecule has 4 N–H and O–H groups in total. The Kier molecular flexibility index (Phi) is 4.77. The summed E-state index contributed by atoms with van der Waals surface area (Å²) in [4.78, 5) is 11.8. The van der Waals surface area contributed by atoms with Crippen LogP contribution < -0.4 is 15.8 Å². The number of urea groups is 1. The number of rotatable bonds is 3. The lowest BCUT2D eigenvalue weighted by Crippen LogP contribution is -2.47. The van der Waals surface area contributed by atoms with Crippen molar-refractivity contribution < 1.29 is 13.2 Å². The highest BCUT2D eigenvalue weighted by Crippen LogP contribution is 2.16. The van der Waals surface area contributed by atoms with E-state index in [-0.39, 0.29) is 22.5 Å². The zero-order valence-electron chi connectivity index (χ0n) is 12.1. The molecule has 0 aromatic heterocycles. The number of hydrogen-bond acceptors (Lipinski definition) is 3. The van der Waals surface area contributed by atoms with Crippen LogP contribution in [-0.2, 0) is 10.0 Å². The molecule has 112 valence electrons. The molecule has 0 radical (unpaired) electrons. The molecule has 0 bridgehead atoms. The van der Waals surface area contributed by atoms with Crippen molar-refractivity contribution >= 4 is 16.1 Å². The van der Waals surface area contributed by atoms with Gasteiger partial charge in [-0.2, -0.15) is 0 Å². The second-order valence-electron chi connectivity index (χ2n) is 5.69. The van der Waals surface area contributed by atoms with E-state index >= 15 is 0 Å². The van der Waals surface area contributed by atoms with Crippen molar-refractivity contribution in [1.82, 2.24) is 10.6 Å². The molecule has 0 aliphatic carbocycles. The summed E-state index contributed by atoms with van der Waals surface area (Å²) in [6, 6.07) is 5.55. The molecule has 0 fully saturated rings. The molecule has 0 aliphatic rings. The molecule has 6 nitrogen and oxygen atoms in total. The molecular formula is C13H21N3O3S. The first-order valence-corrected chi connectivity index (χ1v) is 7.75. The molecule has 0 spiro atoms. The molecule has 1 atom stereocenters. The number of amides is 2. The lowest BCUT2D eigenvalue weighted by molar-refractivity contribution is 0.229. The Labute approximate surface area is 119 Å². The first kappa shape index (κ1) is 16.5. The van der Waals surface area contributed by atoms with E-state index in [1.807, 2.05) is 20.8 Å². The van der Waals surface area contributed by atoms with E-state index < -0.39 is 10.0 Å². The summed E-state index contributed by atoms with van der Waals surface area (Å²) in [5, 5.41) is 10.6. The molecule has 0 saturated carbocycles. The summed E-state index contributed by atoms with van der Waals surface area (Å²) in [6.07, 6.45) is 0. The number of nitrogens with one attached hydrogen (secondary N) is 2. The SMILES string of the molecule is CC(NC(=O)NC(C)(C)C)c1cccc(S(N)(=O)=O)c1. The normalized spacial score (nSPS) is 13.7. The number of benzene rings is 1. The highest BCUT2D eigenvalue weighted by atomic mass is 32.2. The maximum absolute atomic E-state index is 11.8. The summed E-state index contributed by atoms with van der Waals surface area (Å²) in [5.74, 6) is 0. The minimum atomic E-state index is -3.74. The maximum Gasteiger partial charge on any atom is 0.315 e. The van der Waals surface area contributed by atoms with Crippen LogP contribution in [0.4, 0.5) is 4.79 Å². The molecule has 1 aromatic carbocycles. The number of carbonyl (C=O) groups excluding carboxylic acids is 1. The van der Waals surface area contributed by atoms with Crippen LogP contribution in [0.25, 0.3) is 0 Å². The van der Waals surface area contributed by atoms with Crippen molar-refractivity contribution in [2.24, 2.45) is 5.14 Å². The maximum atomic E-state index is 11.8. The Bertz CT molecular complexity index is 591. The van der Waals surface area contributed by atoms with Gasteiger partial charge in [-0.25, -0.2) is 18.4 Å². The van der Waals surface area contributed by atoms with E-state index in [4.69, 9.17) is 5.14 Å². The lowest BCUT2D eigenvalue weighted by Gasteiger charge is -2.23. The molecule has 7 heteroatoms. The van der Waals surface area contributed by atoms with E-state index in [1.165, 1.54) is 12.1 Å². The van der Waals surface area contributed by atoms with E-state index in [0.29, 0.717) is 5.56 Å². The fraction of sp³-hybridized carbons (Fsp3) is 0.462. The van der Waals surface area contributed by atoms with Gasteiger partial charge in [0.2, 0.25) is 10.0 Å². The Morgan fingerprint density at radius 1 is 1.30 bits per heavy atom. The van der Waals surface area contributed by atoms with Gasteiger partial charge < -0.3 is 10.6 Å². The first-order chi connectivity index (χ1) is 8.99. The van der Waals surface area contributed by atoms with Gasteiger partial charge in [0.15, 0.2) is 0 Å². The highest BCUT2D eigenvalue weighted by Gasteiger charge is 2.17. The molecular weight excluding hydrogens is 278 g/mol. The average molecular weight is 299 g/mol. The van der Waals surface area contributed by atoms with Crippen molar-refractivity contribution in [3.8, 4) is 0 Å². The minimum Gasteiger partial charge on any atom is -0.334 e. The molecule has 1 rings (SSSR count). The molecule has 20 heavy (non-hydrogen) atoms. The third-order valence-electron chi connectivity index (χ3n) is 2.52. The van der Waals surface area contributed by atoms with E-state index in [9.17, 15) is 13.2 Å². The molecule has 1 aromatic rings. The van der Waals surface area contributed by atoms with Crippen LogP contribution in [0, 0.1) is 0 Å². The van der Waals surface area contributed by atoms with Gasteiger partial charge in [0, 0.05) is 5.54 Å². The molecule has 0 aliphatic heterocycles. The van der Waals surface area contributed by atoms with Crippen molar-refractivity contribution in [3.05, 3.63) is 29.8 Å². The van der Waals surface area contributed by atoms with Gasteiger partial charge in [0.1, 0.15) is 0 Å². The molecule has 0 saturated heterocycles. The first-order valence-electron chi connectivity index (χ1n) is 6.20. The third-order valence-corrected chi connectivity index (χ3v) is 3.43. The van der Waals surface area contributed by atoms with Crippen molar-refractivity contribution in [3.63, 3.8) is 0 Å². The number of sulfonamides is 1. The molecule has 2 amide bonds. The monoisotopic (exact) mass is 299 g/mol. The fourth-order valence-corrected chi connectivity index (χ4v) is 2.19. The number of primary sulfonamides is 1. The van der Waals surface area contributed by atoms with Crippen molar-refractivity contribution in [1.29, 1.82) is 0 Å². The van der Waals surface area contributed by atoms with Crippen molar-refractivity contribution in [2.75, 3.05) is 0 Å². The smallest absolute Gasteiger partial charge is 0.315 e.